The number of carbonyl (C=O) groups is 2. The van der Waals surface area contributed by atoms with Crippen LogP contribution in [-0.2, 0) is 22.4 Å². The fourth-order valence-corrected chi connectivity index (χ4v) is 2.87. The van der Waals surface area contributed by atoms with Crippen molar-refractivity contribution in [3.63, 3.8) is 0 Å². The summed E-state index contributed by atoms with van der Waals surface area (Å²) >= 11 is 3.41. The SMILES string of the molecule is NC(=O)C(Cc1ccccc1)NC(=O)CCCCc1ccc(Br)cc1. The maximum atomic E-state index is 12.1. The number of nitrogens with one attached hydrogen (secondary N) is 1. The van der Waals surface area contributed by atoms with Crippen LogP contribution in [0.25, 0.3) is 0 Å². The van der Waals surface area contributed by atoms with Crippen LogP contribution >= 0.6 is 15.9 Å². The first-order valence-electron chi connectivity index (χ1n) is 8.41. The van der Waals surface area contributed by atoms with Crippen LogP contribution in [0, 0.1) is 0 Å². The van der Waals surface area contributed by atoms with E-state index in [2.05, 4.69) is 33.4 Å². The van der Waals surface area contributed by atoms with Crippen LogP contribution in [0.4, 0.5) is 0 Å². The quantitative estimate of drug-likeness (QED) is 0.631. The van der Waals surface area contributed by atoms with Gasteiger partial charge in [0, 0.05) is 17.3 Å². The number of amides is 2. The summed E-state index contributed by atoms with van der Waals surface area (Å²) in [6.45, 7) is 0. The highest BCUT2D eigenvalue weighted by atomic mass is 79.9. The molecule has 0 radical (unpaired) electrons. The van der Waals surface area contributed by atoms with E-state index in [1.54, 1.807) is 0 Å². The minimum atomic E-state index is -0.665. The van der Waals surface area contributed by atoms with Gasteiger partial charge in [-0.2, -0.15) is 0 Å². The molecule has 2 aromatic carbocycles. The second-order valence-corrected chi connectivity index (χ2v) is 6.96. The van der Waals surface area contributed by atoms with Gasteiger partial charge in [-0.1, -0.05) is 58.4 Å². The molecule has 25 heavy (non-hydrogen) atoms. The van der Waals surface area contributed by atoms with E-state index in [0.717, 1.165) is 29.3 Å². The van der Waals surface area contributed by atoms with Gasteiger partial charge in [-0.15, -0.1) is 0 Å². The highest BCUT2D eigenvalue weighted by molar-refractivity contribution is 9.10. The van der Waals surface area contributed by atoms with E-state index in [0.29, 0.717) is 12.8 Å². The average molecular weight is 403 g/mol. The van der Waals surface area contributed by atoms with E-state index in [4.69, 9.17) is 5.73 Å². The van der Waals surface area contributed by atoms with E-state index in [1.165, 1.54) is 5.56 Å². The van der Waals surface area contributed by atoms with Crippen molar-refractivity contribution in [3.05, 3.63) is 70.2 Å². The van der Waals surface area contributed by atoms with Crippen molar-refractivity contribution in [2.45, 2.75) is 38.1 Å². The van der Waals surface area contributed by atoms with Gasteiger partial charge in [-0.3, -0.25) is 9.59 Å². The maximum Gasteiger partial charge on any atom is 0.240 e. The molecular formula is C20H23BrN2O2. The summed E-state index contributed by atoms with van der Waals surface area (Å²) in [5, 5.41) is 2.75. The molecule has 4 nitrogen and oxygen atoms in total. The molecule has 3 N–H and O–H groups in total. The number of unbranched alkanes of at least 4 members (excludes halogenated alkanes) is 1. The second-order valence-electron chi connectivity index (χ2n) is 6.05. The molecule has 0 aliphatic carbocycles. The molecule has 132 valence electrons. The number of rotatable bonds is 9. The lowest BCUT2D eigenvalue weighted by molar-refractivity contribution is -0.127. The molecule has 0 saturated heterocycles. The standard InChI is InChI=1S/C20H23BrN2O2/c21-17-12-10-15(11-13-17)6-4-5-9-19(24)23-18(20(22)25)14-16-7-2-1-3-8-16/h1-3,7-8,10-13,18H,4-6,9,14H2,(H2,22,25)(H,23,24). The van der Waals surface area contributed by atoms with Gasteiger partial charge < -0.3 is 11.1 Å². The van der Waals surface area contributed by atoms with E-state index in [1.807, 2.05) is 42.5 Å². The van der Waals surface area contributed by atoms with Gasteiger partial charge in [0.1, 0.15) is 6.04 Å². The number of carbonyl (C=O) groups excluding carboxylic acids is 2. The summed E-state index contributed by atoms with van der Waals surface area (Å²) in [5.74, 6) is -0.636. The van der Waals surface area contributed by atoms with Gasteiger partial charge in [0.2, 0.25) is 11.8 Å². The van der Waals surface area contributed by atoms with E-state index < -0.39 is 11.9 Å². The van der Waals surface area contributed by atoms with Crippen LogP contribution in [0.5, 0.6) is 0 Å². The predicted octanol–water partition coefficient (Wildman–Crippen LogP) is 3.37. The van der Waals surface area contributed by atoms with Crippen molar-refractivity contribution in [1.29, 1.82) is 0 Å². The number of benzene rings is 2. The van der Waals surface area contributed by atoms with Crippen molar-refractivity contribution >= 4 is 27.7 Å². The zero-order chi connectivity index (χ0) is 18.1. The van der Waals surface area contributed by atoms with Gasteiger partial charge >= 0.3 is 0 Å². The molecule has 0 fully saturated rings. The van der Waals surface area contributed by atoms with Gasteiger partial charge in [-0.05, 0) is 42.5 Å². The Balaban J connectivity index is 1.73. The number of nitrogens with two attached hydrogens (primary N) is 1. The molecule has 0 aliphatic rings. The highest BCUT2D eigenvalue weighted by Crippen LogP contribution is 2.13. The molecule has 0 saturated carbocycles. The lowest BCUT2D eigenvalue weighted by Gasteiger charge is -2.15. The Kier molecular flexibility index (Phi) is 7.67. The zero-order valence-corrected chi connectivity index (χ0v) is 15.7. The molecular weight excluding hydrogens is 380 g/mol. The number of aryl methyl sites for hydroxylation is 1. The average Bonchev–Trinajstić information content (AvgIpc) is 2.60. The van der Waals surface area contributed by atoms with E-state index in [-0.39, 0.29) is 5.91 Å². The van der Waals surface area contributed by atoms with Crippen molar-refractivity contribution in [3.8, 4) is 0 Å². The lowest BCUT2D eigenvalue weighted by atomic mass is 10.0. The van der Waals surface area contributed by atoms with Crippen LogP contribution in [0.15, 0.2) is 59.1 Å². The first-order valence-corrected chi connectivity index (χ1v) is 9.21. The monoisotopic (exact) mass is 402 g/mol. The third-order valence-electron chi connectivity index (χ3n) is 3.99. The van der Waals surface area contributed by atoms with Crippen molar-refractivity contribution < 1.29 is 9.59 Å². The molecule has 2 rings (SSSR count). The predicted molar refractivity (Wildman–Crippen MR) is 103 cm³/mol. The minimum Gasteiger partial charge on any atom is -0.368 e. The van der Waals surface area contributed by atoms with Crippen LogP contribution in [0.2, 0.25) is 0 Å². The molecule has 5 heteroatoms. The fraction of sp³-hybridized carbons (Fsp3) is 0.300. The Morgan fingerprint density at radius 3 is 2.28 bits per heavy atom. The molecule has 2 amide bonds. The first kappa shape index (κ1) is 19.2. The summed E-state index contributed by atoms with van der Waals surface area (Å²) in [6, 6.07) is 17.1. The smallest absolute Gasteiger partial charge is 0.240 e. The Morgan fingerprint density at radius 2 is 1.64 bits per heavy atom. The molecule has 0 aromatic heterocycles. The van der Waals surface area contributed by atoms with Crippen LogP contribution in [0.3, 0.4) is 0 Å². The van der Waals surface area contributed by atoms with E-state index in [9.17, 15) is 9.59 Å². The third-order valence-corrected chi connectivity index (χ3v) is 4.52. The highest BCUT2D eigenvalue weighted by Gasteiger charge is 2.18. The minimum absolute atomic E-state index is 0.129. The van der Waals surface area contributed by atoms with Gasteiger partial charge in [-0.25, -0.2) is 0 Å². The summed E-state index contributed by atoms with van der Waals surface area (Å²) in [4.78, 5) is 23.7. The zero-order valence-electron chi connectivity index (χ0n) is 14.1. The Labute approximate surface area is 156 Å². The maximum absolute atomic E-state index is 12.1. The number of halogens is 1. The van der Waals surface area contributed by atoms with Gasteiger partial charge in [0.15, 0.2) is 0 Å². The summed E-state index contributed by atoms with van der Waals surface area (Å²) in [6.07, 6.45) is 3.45. The Hall–Kier alpha value is -2.14. The van der Waals surface area contributed by atoms with Crippen LogP contribution in [0.1, 0.15) is 30.4 Å². The molecule has 0 aliphatic heterocycles. The largest absolute Gasteiger partial charge is 0.368 e. The number of primary amides is 1. The first-order chi connectivity index (χ1) is 12.0. The Morgan fingerprint density at radius 1 is 0.960 bits per heavy atom. The lowest BCUT2D eigenvalue weighted by Crippen LogP contribution is -2.45. The topological polar surface area (TPSA) is 72.2 Å². The van der Waals surface area contributed by atoms with Crippen LogP contribution in [-0.4, -0.2) is 17.9 Å². The van der Waals surface area contributed by atoms with E-state index >= 15 is 0 Å². The van der Waals surface area contributed by atoms with Crippen molar-refractivity contribution in [1.82, 2.24) is 5.32 Å². The van der Waals surface area contributed by atoms with Crippen molar-refractivity contribution in [2.24, 2.45) is 5.73 Å². The molecule has 0 spiro atoms. The molecule has 0 heterocycles. The summed E-state index contributed by atoms with van der Waals surface area (Å²) in [7, 11) is 0. The van der Waals surface area contributed by atoms with Gasteiger partial charge in [0.25, 0.3) is 0 Å². The summed E-state index contributed by atoms with van der Waals surface area (Å²) in [5.41, 5.74) is 7.64. The van der Waals surface area contributed by atoms with Gasteiger partial charge in [0.05, 0.1) is 0 Å². The molecule has 0 bridgehead atoms. The number of hydrogen-bond donors (Lipinski definition) is 2. The number of hydrogen-bond acceptors (Lipinski definition) is 2. The molecule has 2 aromatic rings. The fourth-order valence-electron chi connectivity index (χ4n) is 2.60. The normalized spacial score (nSPS) is 11.7. The Bertz CT molecular complexity index is 687. The second kappa shape index (κ2) is 9.99. The molecule has 1 atom stereocenters. The van der Waals surface area contributed by atoms with Crippen molar-refractivity contribution in [2.75, 3.05) is 0 Å². The molecule has 1 unspecified atom stereocenters. The third kappa shape index (κ3) is 7.10. The summed E-state index contributed by atoms with van der Waals surface area (Å²) < 4.78 is 1.06. The van der Waals surface area contributed by atoms with Crippen LogP contribution < -0.4 is 11.1 Å².